The van der Waals surface area contributed by atoms with Gasteiger partial charge in [-0.25, -0.2) is 4.79 Å². The summed E-state index contributed by atoms with van der Waals surface area (Å²) in [6, 6.07) is 10.1. The molecule has 0 atom stereocenters. The summed E-state index contributed by atoms with van der Waals surface area (Å²) in [6.07, 6.45) is -1.64. The summed E-state index contributed by atoms with van der Waals surface area (Å²) >= 11 is 0. The molecule has 0 N–H and O–H groups in total. The van der Waals surface area contributed by atoms with Crippen molar-refractivity contribution in [1.29, 1.82) is 0 Å². The van der Waals surface area contributed by atoms with E-state index in [2.05, 4.69) is 6.92 Å². The molecule has 0 amide bonds. The Morgan fingerprint density at radius 3 is 2.61 bits per heavy atom. The van der Waals surface area contributed by atoms with Crippen LogP contribution >= 0.6 is 0 Å². The highest BCUT2D eigenvalue weighted by atomic mass is 19.4. The highest BCUT2D eigenvalue weighted by molar-refractivity contribution is 5.85. The molecular weight excluding hydrogens is 369 g/mol. The SMILES string of the molecule is CCCCc1cc(=O)oc2c(C)c(OCc3cccc(C(F)(F)F)c3)ccc12. The third kappa shape index (κ3) is 4.38. The minimum absolute atomic E-state index is 0.0178. The van der Waals surface area contributed by atoms with Crippen LogP contribution in [0.2, 0.25) is 0 Å². The molecule has 1 heterocycles. The van der Waals surface area contributed by atoms with E-state index in [1.807, 2.05) is 6.07 Å². The van der Waals surface area contributed by atoms with Crippen molar-refractivity contribution in [3.8, 4) is 5.75 Å². The molecule has 28 heavy (non-hydrogen) atoms. The van der Waals surface area contributed by atoms with Crippen LogP contribution in [-0.2, 0) is 19.2 Å². The van der Waals surface area contributed by atoms with Crippen molar-refractivity contribution in [2.75, 3.05) is 0 Å². The Bertz CT molecular complexity index is 1040. The van der Waals surface area contributed by atoms with Crippen molar-refractivity contribution in [1.82, 2.24) is 0 Å². The lowest BCUT2D eigenvalue weighted by Crippen LogP contribution is -2.06. The maximum atomic E-state index is 12.9. The number of aryl methyl sites for hydroxylation is 2. The topological polar surface area (TPSA) is 39.4 Å². The Morgan fingerprint density at radius 2 is 1.89 bits per heavy atom. The fourth-order valence-corrected chi connectivity index (χ4v) is 3.14. The molecule has 0 aliphatic carbocycles. The van der Waals surface area contributed by atoms with E-state index in [1.165, 1.54) is 12.1 Å². The van der Waals surface area contributed by atoms with Crippen molar-refractivity contribution < 1.29 is 22.3 Å². The standard InChI is InChI=1S/C22H21F3O3/c1-3-4-7-16-12-20(26)28-21-14(2)19(10-9-18(16)21)27-13-15-6-5-8-17(11-15)22(23,24)25/h5-6,8-12H,3-4,7,13H2,1-2H3. The van der Waals surface area contributed by atoms with Gasteiger partial charge < -0.3 is 9.15 Å². The van der Waals surface area contributed by atoms with Crippen LogP contribution in [0.4, 0.5) is 13.2 Å². The maximum Gasteiger partial charge on any atom is 0.416 e. The summed E-state index contributed by atoms with van der Waals surface area (Å²) in [5.74, 6) is 0.473. The monoisotopic (exact) mass is 390 g/mol. The molecule has 3 nitrogen and oxygen atoms in total. The van der Waals surface area contributed by atoms with Crippen LogP contribution in [0.25, 0.3) is 11.0 Å². The summed E-state index contributed by atoms with van der Waals surface area (Å²) in [5.41, 5.74) is 1.32. The van der Waals surface area contributed by atoms with Gasteiger partial charge in [-0.3, -0.25) is 0 Å². The van der Waals surface area contributed by atoms with Crippen molar-refractivity contribution >= 4 is 11.0 Å². The maximum absolute atomic E-state index is 12.9. The van der Waals surface area contributed by atoms with Crippen molar-refractivity contribution in [2.45, 2.75) is 45.9 Å². The lowest BCUT2D eigenvalue weighted by molar-refractivity contribution is -0.137. The summed E-state index contributed by atoms with van der Waals surface area (Å²) in [4.78, 5) is 11.9. The Labute approximate surface area is 160 Å². The van der Waals surface area contributed by atoms with Crippen LogP contribution in [-0.4, -0.2) is 0 Å². The summed E-state index contributed by atoms with van der Waals surface area (Å²) < 4.78 is 49.7. The molecule has 2 aromatic carbocycles. The second-order valence-corrected chi connectivity index (χ2v) is 6.75. The molecule has 0 fully saturated rings. The number of rotatable bonds is 6. The minimum atomic E-state index is -4.40. The number of hydrogen-bond acceptors (Lipinski definition) is 3. The van der Waals surface area contributed by atoms with Crippen LogP contribution in [0.1, 0.15) is 42.0 Å². The molecule has 1 aromatic heterocycles. The first-order valence-corrected chi connectivity index (χ1v) is 9.15. The lowest BCUT2D eigenvalue weighted by Gasteiger charge is -2.13. The van der Waals surface area contributed by atoms with Gasteiger partial charge in [0.2, 0.25) is 0 Å². The quantitative estimate of drug-likeness (QED) is 0.482. The van der Waals surface area contributed by atoms with E-state index < -0.39 is 17.4 Å². The number of fused-ring (bicyclic) bond motifs is 1. The summed E-state index contributed by atoms with van der Waals surface area (Å²) in [6.45, 7) is 3.84. The molecular formula is C22H21F3O3. The fourth-order valence-electron chi connectivity index (χ4n) is 3.14. The van der Waals surface area contributed by atoms with Crippen molar-refractivity contribution in [3.05, 3.63) is 75.1 Å². The number of hydrogen-bond donors (Lipinski definition) is 0. The van der Waals surface area contributed by atoms with E-state index in [9.17, 15) is 18.0 Å². The van der Waals surface area contributed by atoms with Crippen LogP contribution in [0.5, 0.6) is 5.75 Å². The second kappa shape index (κ2) is 8.09. The van der Waals surface area contributed by atoms with Crippen LogP contribution < -0.4 is 10.4 Å². The molecule has 0 bridgehead atoms. The Hall–Kier alpha value is -2.76. The van der Waals surface area contributed by atoms with E-state index >= 15 is 0 Å². The van der Waals surface area contributed by atoms with Gasteiger partial charge in [0, 0.05) is 17.0 Å². The van der Waals surface area contributed by atoms with Gasteiger partial charge in [0.25, 0.3) is 0 Å². The normalized spacial score (nSPS) is 11.8. The average Bonchev–Trinajstić information content (AvgIpc) is 2.65. The van der Waals surface area contributed by atoms with Gasteiger partial charge in [-0.2, -0.15) is 13.2 Å². The molecule has 0 spiro atoms. The molecule has 0 aliphatic rings. The Kier molecular flexibility index (Phi) is 5.77. The minimum Gasteiger partial charge on any atom is -0.488 e. The van der Waals surface area contributed by atoms with Gasteiger partial charge >= 0.3 is 11.8 Å². The average molecular weight is 390 g/mol. The summed E-state index contributed by atoms with van der Waals surface area (Å²) in [7, 11) is 0. The van der Waals surface area contributed by atoms with E-state index in [4.69, 9.17) is 9.15 Å². The van der Waals surface area contributed by atoms with Gasteiger partial charge in [0.1, 0.15) is 17.9 Å². The first-order chi connectivity index (χ1) is 13.3. The highest BCUT2D eigenvalue weighted by Crippen LogP contribution is 2.31. The molecule has 0 saturated carbocycles. The number of halogens is 3. The smallest absolute Gasteiger partial charge is 0.416 e. The first-order valence-electron chi connectivity index (χ1n) is 9.15. The zero-order chi connectivity index (χ0) is 20.3. The third-order valence-corrected chi connectivity index (χ3v) is 4.65. The van der Waals surface area contributed by atoms with E-state index in [0.717, 1.165) is 42.3 Å². The number of ether oxygens (including phenoxy) is 1. The van der Waals surface area contributed by atoms with E-state index in [1.54, 1.807) is 19.1 Å². The first kappa shape index (κ1) is 20.0. The molecule has 0 aliphatic heterocycles. The predicted octanol–water partition coefficient (Wildman–Crippen LogP) is 6.04. The highest BCUT2D eigenvalue weighted by Gasteiger charge is 2.30. The number of alkyl halides is 3. The van der Waals surface area contributed by atoms with Crippen molar-refractivity contribution in [2.24, 2.45) is 0 Å². The Morgan fingerprint density at radius 1 is 1.11 bits per heavy atom. The molecule has 3 aromatic rings. The largest absolute Gasteiger partial charge is 0.488 e. The molecule has 0 radical (unpaired) electrons. The molecule has 6 heteroatoms. The summed E-state index contributed by atoms with van der Waals surface area (Å²) in [5, 5.41) is 0.858. The fraction of sp³-hybridized carbons (Fsp3) is 0.318. The Balaban J connectivity index is 1.88. The molecule has 0 unspecified atom stereocenters. The second-order valence-electron chi connectivity index (χ2n) is 6.75. The van der Waals surface area contributed by atoms with Gasteiger partial charge in [-0.1, -0.05) is 25.5 Å². The van der Waals surface area contributed by atoms with Crippen LogP contribution in [0.15, 0.2) is 51.7 Å². The van der Waals surface area contributed by atoms with Gasteiger partial charge in [0.15, 0.2) is 0 Å². The zero-order valence-corrected chi connectivity index (χ0v) is 15.7. The number of unbranched alkanes of at least 4 members (excludes halogenated alkanes) is 1. The van der Waals surface area contributed by atoms with Gasteiger partial charge in [-0.15, -0.1) is 0 Å². The van der Waals surface area contributed by atoms with E-state index in [-0.39, 0.29) is 6.61 Å². The van der Waals surface area contributed by atoms with Gasteiger partial charge in [0.05, 0.1) is 5.56 Å². The van der Waals surface area contributed by atoms with Crippen molar-refractivity contribution in [3.63, 3.8) is 0 Å². The predicted molar refractivity (Wildman–Crippen MR) is 102 cm³/mol. The van der Waals surface area contributed by atoms with Crippen LogP contribution in [0.3, 0.4) is 0 Å². The van der Waals surface area contributed by atoms with Gasteiger partial charge in [-0.05, 0) is 55.2 Å². The third-order valence-electron chi connectivity index (χ3n) is 4.65. The zero-order valence-electron chi connectivity index (χ0n) is 15.7. The van der Waals surface area contributed by atoms with E-state index in [0.29, 0.717) is 22.5 Å². The molecule has 3 rings (SSSR count). The lowest BCUT2D eigenvalue weighted by atomic mass is 10.0. The van der Waals surface area contributed by atoms with Crippen LogP contribution in [0, 0.1) is 6.92 Å². The molecule has 0 saturated heterocycles. The molecule has 148 valence electrons. The number of benzene rings is 2.